The van der Waals surface area contributed by atoms with Crippen LogP contribution in [0.2, 0.25) is 0 Å². The molecule has 0 saturated heterocycles. The summed E-state index contributed by atoms with van der Waals surface area (Å²) in [6.07, 6.45) is 3.75. The van der Waals surface area contributed by atoms with Gasteiger partial charge < -0.3 is 4.90 Å². The Morgan fingerprint density at radius 1 is 1.47 bits per heavy atom. The highest BCUT2D eigenvalue weighted by atomic mass is 32.2. The van der Waals surface area contributed by atoms with Gasteiger partial charge in [0, 0.05) is 12.2 Å². The van der Waals surface area contributed by atoms with Crippen LogP contribution in [-0.4, -0.2) is 18.0 Å². The van der Waals surface area contributed by atoms with E-state index in [1.807, 2.05) is 54.6 Å². The third-order valence-corrected chi connectivity index (χ3v) is 2.62. The molecule has 0 N–H and O–H groups in total. The van der Waals surface area contributed by atoms with Crippen LogP contribution in [0.5, 0.6) is 0 Å². The smallest absolute Gasteiger partial charge is 0.208 e. The zero-order valence-electron chi connectivity index (χ0n) is 8.84. The lowest BCUT2D eigenvalue weighted by Crippen LogP contribution is -2.27. The predicted molar refractivity (Wildman–Crippen MR) is 66.0 cm³/mol. The summed E-state index contributed by atoms with van der Waals surface area (Å²) in [4.78, 5) is 5.81. The van der Waals surface area contributed by atoms with E-state index < -0.39 is 0 Å². The second-order valence-electron chi connectivity index (χ2n) is 2.78. The number of rotatable bonds is 2. The number of hydrogen-bond donors (Lipinski definition) is 0. The van der Waals surface area contributed by atoms with Crippen molar-refractivity contribution < 1.29 is 0 Å². The lowest BCUT2D eigenvalue weighted by atomic mass is 10.3. The van der Waals surface area contributed by atoms with Crippen molar-refractivity contribution in [3.63, 3.8) is 0 Å². The highest BCUT2D eigenvalue weighted by Crippen LogP contribution is 2.17. The van der Waals surface area contributed by atoms with Gasteiger partial charge in [-0.05, 0) is 25.3 Å². The fourth-order valence-electron chi connectivity index (χ4n) is 1.30. The van der Waals surface area contributed by atoms with Crippen LogP contribution in [0.4, 0.5) is 5.69 Å². The van der Waals surface area contributed by atoms with E-state index in [9.17, 15) is 0 Å². The van der Waals surface area contributed by atoms with E-state index in [4.69, 9.17) is 5.26 Å². The molecule has 0 saturated carbocycles. The van der Waals surface area contributed by atoms with Crippen molar-refractivity contribution in [1.82, 2.24) is 0 Å². The number of aliphatic imine (C=N–C) groups is 1. The molecular formula is C11H13N3S. The van der Waals surface area contributed by atoms with Gasteiger partial charge in [-0.15, -0.1) is 4.99 Å². The van der Waals surface area contributed by atoms with E-state index in [1.54, 1.807) is 0 Å². The zero-order valence-corrected chi connectivity index (χ0v) is 9.66. The summed E-state index contributed by atoms with van der Waals surface area (Å²) in [5.74, 6) is 0. The van der Waals surface area contributed by atoms with Gasteiger partial charge in [0.2, 0.25) is 6.19 Å². The Morgan fingerprint density at radius 3 is 2.60 bits per heavy atom. The second-order valence-corrected chi connectivity index (χ2v) is 3.55. The average Bonchev–Trinajstić information content (AvgIpc) is 2.30. The van der Waals surface area contributed by atoms with Crippen LogP contribution in [0.1, 0.15) is 6.92 Å². The average molecular weight is 219 g/mol. The van der Waals surface area contributed by atoms with Crippen molar-refractivity contribution >= 4 is 22.6 Å². The van der Waals surface area contributed by atoms with Gasteiger partial charge in [-0.3, -0.25) is 0 Å². The second kappa shape index (κ2) is 6.10. The van der Waals surface area contributed by atoms with Crippen molar-refractivity contribution in [2.75, 3.05) is 17.7 Å². The Hall–Kier alpha value is -1.47. The first-order chi connectivity index (χ1) is 7.33. The van der Waals surface area contributed by atoms with Crippen LogP contribution in [0.15, 0.2) is 35.3 Å². The van der Waals surface area contributed by atoms with Crippen LogP contribution < -0.4 is 4.90 Å². The molecule has 78 valence electrons. The number of nitriles is 1. The molecule has 0 aliphatic rings. The molecule has 1 rings (SSSR count). The lowest BCUT2D eigenvalue weighted by molar-refractivity contribution is 1.07. The van der Waals surface area contributed by atoms with Gasteiger partial charge in [-0.25, -0.2) is 0 Å². The van der Waals surface area contributed by atoms with Gasteiger partial charge >= 0.3 is 0 Å². The maximum absolute atomic E-state index is 8.58. The largest absolute Gasteiger partial charge is 0.321 e. The van der Waals surface area contributed by atoms with Crippen molar-refractivity contribution in [3.05, 3.63) is 30.3 Å². The standard InChI is InChI=1S/C11H13N3S/c1-3-14(11(15-2)13-9-12)10-7-5-4-6-8-10/h4-8H,3H2,1-2H3. The van der Waals surface area contributed by atoms with Crippen LogP contribution in [0.3, 0.4) is 0 Å². The van der Waals surface area contributed by atoms with E-state index in [0.717, 1.165) is 17.4 Å². The molecule has 1 aromatic carbocycles. The predicted octanol–water partition coefficient (Wildman–Crippen LogP) is 2.71. The lowest BCUT2D eigenvalue weighted by Gasteiger charge is -2.22. The van der Waals surface area contributed by atoms with Gasteiger partial charge in [0.25, 0.3) is 0 Å². The van der Waals surface area contributed by atoms with Crippen LogP contribution >= 0.6 is 11.8 Å². The van der Waals surface area contributed by atoms with E-state index in [0.29, 0.717) is 0 Å². The minimum absolute atomic E-state index is 0.728. The van der Waals surface area contributed by atoms with E-state index in [1.165, 1.54) is 11.8 Å². The minimum Gasteiger partial charge on any atom is -0.321 e. The Bertz CT molecular complexity index is 367. The number of thioether (sulfide) groups is 1. The van der Waals surface area contributed by atoms with Gasteiger partial charge in [0.05, 0.1) is 0 Å². The molecule has 0 aliphatic carbocycles. The number of hydrogen-bond acceptors (Lipinski definition) is 3. The SMILES string of the molecule is CCN(C(=NC#N)SC)c1ccccc1. The number of amidine groups is 1. The summed E-state index contributed by atoms with van der Waals surface area (Å²) in [6, 6.07) is 9.93. The number of para-hydroxylation sites is 1. The van der Waals surface area contributed by atoms with Gasteiger partial charge in [-0.1, -0.05) is 30.0 Å². The third kappa shape index (κ3) is 3.00. The summed E-state index contributed by atoms with van der Waals surface area (Å²) < 4.78 is 0. The molecule has 0 aliphatic heterocycles. The van der Waals surface area contributed by atoms with Crippen LogP contribution in [0, 0.1) is 11.5 Å². The molecule has 0 amide bonds. The highest BCUT2D eigenvalue weighted by molar-refractivity contribution is 8.13. The minimum atomic E-state index is 0.728. The third-order valence-electron chi connectivity index (χ3n) is 1.94. The molecular weight excluding hydrogens is 206 g/mol. The number of benzene rings is 1. The molecule has 0 bridgehead atoms. The van der Waals surface area contributed by atoms with Crippen molar-refractivity contribution in [3.8, 4) is 6.19 Å². The first-order valence-corrected chi connectivity index (χ1v) is 5.89. The molecule has 0 unspecified atom stereocenters. The zero-order chi connectivity index (χ0) is 11.1. The fourth-order valence-corrected chi connectivity index (χ4v) is 1.88. The molecule has 3 nitrogen and oxygen atoms in total. The van der Waals surface area contributed by atoms with Gasteiger partial charge in [0.15, 0.2) is 5.17 Å². The molecule has 0 heterocycles. The quantitative estimate of drug-likeness (QED) is 0.436. The number of nitrogens with zero attached hydrogens (tertiary/aromatic N) is 3. The van der Waals surface area contributed by atoms with Crippen molar-refractivity contribution in [2.45, 2.75) is 6.92 Å². The monoisotopic (exact) mass is 219 g/mol. The molecule has 15 heavy (non-hydrogen) atoms. The van der Waals surface area contributed by atoms with E-state index in [-0.39, 0.29) is 0 Å². The summed E-state index contributed by atoms with van der Waals surface area (Å²) in [5, 5.41) is 9.31. The van der Waals surface area contributed by atoms with Crippen LogP contribution in [-0.2, 0) is 0 Å². The molecule has 0 aromatic heterocycles. The Morgan fingerprint density at radius 2 is 2.13 bits per heavy atom. The fraction of sp³-hybridized carbons (Fsp3) is 0.273. The van der Waals surface area contributed by atoms with E-state index in [2.05, 4.69) is 4.99 Å². The van der Waals surface area contributed by atoms with Crippen molar-refractivity contribution in [1.29, 1.82) is 5.26 Å². The normalized spacial score (nSPS) is 10.9. The topological polar surface area (TPSA) is 39.4 Å². The summed E-state index contributed by atoms with van der Waals surface area (Å²) in [5.41, 5.74) is 1.06. The molecule has 1 aromatic rings. The maximum atomic E-state index is 8.58. The molecule has 0 atom stereocenters. The Labute approximate surface area is 94.4 Å². The molecule has 0 radical (unpaired) electrons. The maximum Gasteiger partial charge on any atom is 0.208 e. The van der Waals surface area contributed by atoms with Gasteiger partial charge in [-0.2, -0.15) is 5.26 Å². The molecule has 4 heteroatoms. The summed E-state index contributed by atoms with van der Waals surface area (Å²) in [6.45, 7) is 2.83. The first kappa shape index (κ1) is 11.6. The van der Waals surface area contributed by atoms with Crippen LogP contribution in [0.25, 0.3) is 0 Å². The van der Waals surface area contributed by atoms with Gasteiger partial charge in [0.1, 0.15) is 0 Å². The Kier molecular flexibility index (Phi) is 4.72. The summed E-state index contributed by atoms with van der Waals surface area (Å²) in [7, 11) is 0. The van der Waals surface area contributed by atoms with Crippen molar-refractivity contribution in [2.24, 2.45) is 4.99 Å². The molecule has 0 spiro atoms. The Balaban J connectivity index is 2.99. The van der Waals surface area contributed by atoms with E-state index >= 15 is 0 Å². The molecule has 0 fully saturated rings. The summed E-state index contributed by atoms with van der Waals surface area (Å²) >= 11 is 1.48. The first-order valence-electron chi connectivity index (χ1n) is 4.66. The number of anilines is 1. The highest BCUT2D eigenvalue weighted by Gasteiger charge is 2.09.